The molecule has 3 nitrogen and oxygen atoms in total. The topological polar surface area (TPSA) is 41.1 Å². The number of amides is 1. The van der Waals surface area contributed by atoms with Crippen LogP contribution in [-0.4, -0.2) is 25.5 Å². The predicted molar refractivity (Wildman–Crippen MR) is 87.8 cm³/mol. The van der Waals surface area contributed by atoms with Crippen LogP contribution >= 0.6 is 24.0 Å². The average Bonchev–Trinajstić information content (AvgIpc) is 2.41. The number of aryl methyl sites for hydroxylation is 1. The largest absolute Gasteiger partial charge is 0.355 e. The fourth-order valence-corrected chi connectivity index (χ4v) is 1.91. The van der Waals surface area contributed by atoms with E-state index in [9.17, 15) is 4.79 Å². The zero-order valence-electron chi connectivity index (χ0n) is 12.0. The number of carbonyl (C=O) groups is 1. The molecule has 0 aliphatic heterocycles. The molecule has 5 heteroatoms. The molecule has 1 aromatic carbocycles. The maximum atomic E-state index is 11.6. The minimum atomic E-state index is 0. The molecular formula is C15H24Cl2N2O. The quantitative estimate of drug-likeness (QED) is 0.686. The van der Waals surface area contributed by atoms with E-state index in [1.807, 2.05) is 24.3 Å². The minimum Gasteiger partial charge on any atom is -0.355 e. The molecule has 0 spiro atoms. The molecule has 0 atom stereocenters. The van der Waals surface area contributed by atoms with Crippen LogP contribution in [-0.2, 0) is 11.2 Å². The first kappa shape index (κ1) is 19.2. The van der Waals surface area contributed by atoms with Crippen molar-refractivity contribution in [3.8, 4) is 0 Å². The molecule has 2 N–H and O–H groups in total. The van der Waals surface area contributed by atoms with Crippen LogP contribution in [0.2, 0.25) is 5.02 Å². The van der Waals surface area contributed by atoms with Crippen molar-refractivity contribution >= 4 is 29.9 Å². The summed E-state index contributed by atoms with van der Waals surface area (Å²) in [5.41, 5.74) is 1.22. The Morgan fingerprint density at radius 1 is 1.15 bits per heavy atom. The van der Waals surface area contributed by atoms with Crippen LogP contribution in [0.15, 0.2) is 24.3 Å². The standard InChI is InChI=1S/C15H23ClN2O.ClH/c1-2-10-17-11-12-18-15(19)5-3-4-13-6-8-14(16)9-7-13;/h6-9,17H,2-5,10-12H2,1H3,(H,18,19);1H. The van der Waals surface area contributed by atoms with Crippen molar-refractivity contribution in [1.82, 2.24) is 10.6 Å². The SMILES string of the molecule is CCCNCCNC(=O)CCCc1ccc(Cl)cc1.Cl. The molecule has 0 bridgehead atoms. The lowest BCUT2D eigenvalue weighted by Crippen LogP contribution is -2.31. The highest BCUT2D eigenvalue weighted by Crippen LogP contribution is 2.11. The lowest BCUT2D eigenvalue weighted by Gasteiger charge is -2.06. The van der Waals surface area contributed by atoms with Gasteiger partial charge in [0.1, 0.15) is 0 Å². The van der Waals surface area contributed by atoms with E-state index >= 15 is 0 Å². The highest BCUT2D eigenvalue weighted by atomic mass is 35.5. The van der Waals surface area contributed by atoms with E-state index in [0.717, 1.165) is 37.4 Å². The van der Waals surface area contributed by atoms with Gasteiger partial charge >= 0.3 is 0 Å². The summed E-state index contributed by atoms with van der Waals surface area (Å²) in [6, 6.07) is 7.79. The van der Waals surface area contributed by atoms with Crippen molar-refractivity contribution in [1.29, 1.82) is 0 Å². The first-order chi connectivity index (χ1) is 9.22. The summed E-state index contributed by atoms with van der Waals surface area (Å²) in [6.45, 7) is 4.69. The Labute approximate surface area is 132 Å². The van der Waals surface area contributed by atoms with Gasteiger partial charge in [-0.15, -0.1) is 12.4 Å². The van der Waals surface area contributed by atoms with Crippen molar-refractivity contribution in [2.24, 2.45) is 0 Å². The molecule has 0 heterocycles. The van der Waals surface area contributed by atoms with E-state index in [4.69, 9.17) is 11.6 Å². The first-order valence-corrected chi connectivity index (χ1v) is 7.32. The molecule has 0 unspecified atom stereocenters. The highest BCUT2D eigenvalue weighted by molar-refractivity contribution is 6.30. The van der Waals surface area contributed by atoms with Crippen molar-refractivity contribution in [2.75, 3.05) is 19.6 Å². The summed E-state index contributed by atoms with van der Waals surface area (Å²) >= 11 is 5.82. The Morgan fingerprint density at radius 2 is 1.85 bits per heavy atom. The van der Waals surface area contributed by atoms with Gasteiger partial charge in [0.2, 0.25) is 5.91 Å². The second-order valence-electron chi connectivity index (χ2n) is 4.58. The van der Waals surface area contributed by atoms with Gasteiger partial charge < -0.3 is 10.6 Å². The zero-order valence-corrected chi connectivity index (χ0v) is 13.5. The smallest absolute Gasteiger partial charge is 0.220 e. The van der Waals surface area contributed by atoms with E-state index in [0.29, 0.717) is 13.0 Å². The average molecular weight is 319 g/mol. The van der Waals surface area contributed by atoms with E-state index in [1.165, 1.54) is 5.56 Å². The van der Waals surface area contributed by atoms with Crippen LogP contribution in [0.4, 0.5) is 0 Å². The summed E-state index contributed by atoms with van der Waals surface area (Å²) in [4.78, 5) is 11.6. The van der Waals surface area contributed by atoms with E-state index in [1.54, 1.807) is 0 Å². The van der Waals surface area contributed by atoms with Gasteiger partial charge in [-0.2, -0.15) is 0 Å². The molecule has 1 amide bonds. The van der Waals surface area contributed by atoms with Gasteiger partial charge in [-0.05, 0) is 43.5 Å². The molecule has 1 rings (SSSR count). The molecule has 20 heavy (non-hydrogen) atoms. The molecular weight excluding hydrogens is 295 g/mol. The van der Waals surface area contributed by atoms with E-state index < -0.39 is 0 Å². The number of hydrogen-bond acceptors (Lipinski definition) is 2. The summed E-state index contributed by atoms with van der Waals surface area (Å²) in [5.74, 6) is 0.132. The van der Waals surface area contributed by atoms with Gasteiger partial charge in [-0.1, -0.05) is 30.7 Å². The van der Waals surface area contributed by atoms with Crippen LogP contribution < -0.4 is 10.6 Å². The Morgan fingerprint density at radius 3 is 2.50 bits per heavy atom. The highest BCUT2D eigenvalue weighted by Gasteiger charge is 2.01. The molecule has 0 aliphatic rings. The van der Waals surface area contributed by atoms with Crippen LogP contribution in [0.1, 0.15) is 31.7 Å². The maximum absolute atomic E-state index is 11.6. The van der Waals surface area contributed by atoms with Crippen molar-refractivity contribution in [3.63, 3.8) is 0 Å². The van der Waals surface area contributed by atoms with Gasteiger partial charge in [-0.3, -0.25) is 4.79 Å². The number of benzene rings is 1. The molecule has 0 saturated carbocycles. The van der Waals surface area contributed by atoms with Gasteiger partial charge in [-0.25, -0.2) is 0 Å². The van der Waals surface area contributed by atoms with Crippen LogP contribution in [0.3, 0.4) is 0 Å². The third kappa shape index (κ3) is 9.18. The Hall–Kier alpha value is -0.770. The lowest BCUT2D eigenvalue weighted by molar-refractivity contribution is -0.121. The fraction of sp³-hybridized carbons (Fsp3) is 0.533. The predicted octanol–water partition coefficient (Wildman–Crippen LogP) is 3.20. The van der Waals surface area contributed by atoms with E-state index in [2.05, 4.69) is 17.6 Å². The molecule has 0 aromatic heterocycles. The molecule has 114 valence electrons. The van der Waals surface area contributed by atoms with Crippen molar-refractivity contribution < 1.29 is 4.79 Å². The minimum absolute atomic E-state index is 0. The van der Waals surface area contributed by atoms with Gasteiger partial charge in [0.25, 0.3) is 0 Å². The van der Waals surface area contributed by atoms with E-state index in [-0.39, 0.29) is 18.3 Å². The second-order valence-corrected chi connectivity index (χ2v) is 5.02. The summed E-state index contributed by atoms with van der Waals surface area (Å²) in [7, 11) is 0. The number of carbonyl (C=O) groups excluding carboxylic acids is 1. The third-order valence-corrected chi connectivity index (χ3v) is 3.09. The Kier molecular flexibility index (Phi) is 11.5. The molecule has 0 saturated heterocycles. The van der Waals surface area contributed by atoms with Crippen molar-refractivity contribution in [2.45, 2.75) is 32.6 Å². The summed E-state index contributed by atoms with van der Waals surface area (Å²) in [6.07, 6.45) is 3.49. The number of rotatable bonds is 9. The number of halogens is 2. The molecule has 0 fully saturated rings. The van der Waals surface area contributed by atoms with Crippen LogP contribution in [0, 0.1) is 0 Å². The number of hydrogen-bond donors (Lipinski definition) is 2. The van der Waals surface area contributed by atoms with Gasteiger partial charge in [0.15, 0.2) is 0 Å². The van der Waals surface area contributed by atoms with Gasteiger partial charge in [0.05, 0.1) is 0 Å². The number of nitrogens with one attached hydrogen (secondary N) is 2. The molecule has 0 radical (unpaired) electrons. The fourth-order valence-electron chi connectivity index (χ4n) is 1.78. The normalized spacial score (nSPS) is 9.90. The van der Waals surface area contributed by atoms with Crippen LogP contribution in [0.25, 0.3) is 0 Å². The third-order valence-electron chi connectivity index (χ3n) is 2.83. The Bertz CT molecular complexity index is 369. The molecule has 0 aliphatic carbocycles. The van der Waals surface area contributed by atoms with Crippen molar-refractivity contribution in [3.05, 3.63) is 34.9 Å². The maximum Gasteiger partial charge on any atom is 0.220 e. The zero-order chi connectivity index (χ0) is 13.9. The van der Waals surface area contributed by atoms with Gasteiger partial charge in [0, 0.05) is 24.5 Å². The Balaban J connectivity index is 0.00000361. The monoisotopic (exact) mass is 318 g/mol. The summed E-state index contributed by atoms with van der Waals surface area (Å²) in [5, 5.41) is 6.92. The van der Waals surface area contributed by atoms with Crippen LogP contribution in [0.5, 0.6) is 0 Å². The summed E-state index contributed by atoms with van der Waals surface area (Å²) < 4.78 is 0. The first-order valence-electron chi connectivity index (χ1n) is 6.94. The lowest BCUT2D eigenvalue weighted by atomic mass is 10.1. The second kappa shape index (κ2) is 12.0. The molecule has 1 aromatic rings.